The predicted octanol–water partition coefficient (Wildman–Crippen LogP) is 6.37. The van der Waals surface area contributed by atoms with Gasteiger partial charge in [0.25, 0.3) is 5.91 Å². The summed E-state index contributed by atoms with van der Waals surface area (Å²) in [5, 5.41) is 2.45. The number of pyridine rings is 1. The number of halogens is 3. The van der Waals surface area contributed by atoms with Gasteiger partial charge in [0.05, 0.1) is 18.5 Å². The second kappa shape index (κ2) is 10.3. The van der Waals surface area contributed by atoms with Crippen LogP contribution < -0.4 is 5.32 Å². The Morgan fingerprint density at radius 1 is 1.23 bits per heavy atom. The first kappa shape index (κ1) is 26.7. The molecule has 1 spiro atoms. The molecular formula is C28H29F3N4O4. The second-order valence-corrected chi connectivity index (χ2v) is 10.3. The van der Waals surface area contributed by atoms with Crippen molar-refractivity contribution in [2.75, 3.05) is 25.0 Å². The average Bonchev–Trinajstić information content (AvgIpc) is 3.24. The van der Waals surface area contributed by atoms with Crippen molar-refractivity contribution in [1.82, 2.24) is 14.9 Å². The molecule has 206 valence electrons. The van der Waals surface area contributed by atoms with Crippen molar-refractivity contribution in [3.8, 4) is 11.5 Å². The highest BCUT2D eigenvalue weighted by Crippen LogP contribution is 2.61. The SMILES string of the molecule is CCOC(=O)N1CC[C@]2(C[C@@H]2CC(C)c2ccc(NC(=O)c3nc(-c4ccccc4)oc3C(F)(F)F)cn2)C1. The first-order valence-corrected chi connectivity index (χ1v) is 12.9. The first-order chi connectivity index (χ1) is 18.6. The van der Waals surface area contributed by atoms with Crippen molar-refractivity contribution in [2.45, 2.75) is 45.2 Å². The van der Waals surface area contributed by atoms with Gasteiger partial charge in [-0.2, -0.15) is 13.2 Å². The van der Waals surface area contributed by atoms with Gasteiger partial charge >= 0.3 is 12.3 Å². The van der Waals surface area contributed by atoms with E-state index in [4.69, 9.17) is 9.15 Å². The summed E-state index contributed by atoms with van der Waals surface area (Å²) in [4.78, 5) is 34.9. The summed E-state index contributed by atoms with van der Waals surface area (Å²) in [5.41, 5.74) is 0.703. The van der Waals surface area contributed by atoms with E-state index in [0.717, 1.165) is 31.5 Å². The molecule has 0 radical (unpaired) electrons. The summed E-state index contributed by atoms with van der Waals surface area (Å²) >= 11 is 0. The molecule has 2 amide bonds. The lowest BCUT2D eigenvalue weighted by Gasteiger charge is -2.17. The van der Waals surface area contributed by atoms with Crippen LogP contribution in [0.25, 0.3) is 11.5 Å². The standard InChI is InChI=1S/C28H29F3N4O4/c1-3-38-26(37)35-12-11-27(16-35)14-19(27)13-17(2)21-10-9-20(15-32-21)33-24(36)22-23(28(29,30)31)39-25(34-22)18-7-5-4-6-8-18/h4-10,15,17,19H,3,11-14,16H2,1-2H3,(H,33,36)/t17?,19-,27-/m0/s1. The molecule has 0 bridgehead atoms. The lowest BCUT2D eigenvalue weighted by atomic mass is 9.94. The van der Waals surface area contributed by atoms with Crippen molar-refractivity contribution in [3.05, 3.63) is 65.8 Å². The van der Waals surface area contributed by atoms with Crippen LogP contribution in [0.4, 0.5) is 23.7 Å². The van der Waals surface area contributed by atoms with Crippen LogP contribution in [0.2, 0.25) is 0 Å². The number of amides is 2. The van der Waals surface area contributed by atoms with Crippen LogP contribution in [0.15, 0.2) is 53.1 Å². The molecule has 1 unspecified atom stereocenters. The van der Waals surface area contributed by atoms with E-state index < -0.39 is 23.5 Å². The molecule has 2 fully saturated rings. The lowest BCUT2D eigenvalue weighted by molar-refractivity contribution is -0.153. The molecule has 39 heavy (non-hydrogen) atoms. The van der Waals surface area contributed by atoms with Crippen LogP contribution in [-0.4, -0.2) is 46.6 Å². The Labute approximate surface area is 223 Å². The van der Waals surface area contributed by atoms with Gasteiger partial charge in [-0.1, -0.05) is 25.1 Å². The number of alkyl halides is 3. The third-order valence-electron chi connectivity index (χ3n) is 7.58. The van der Waals surface area contributed by atoms with E-state index in [2.05, 4.69) is 22.2 Å². The summed E-state index contributed by atoms with van der Waals surface area (Å²) in [6, 6.07) is 11.4. The minimum Gasteiger partial charge on any atom is -0.450 e. The van der Waals surface area contributed by atoms with E-state index in [1.54, 1.807) is 54.3 Å². The van der Waals surface area contributed by atoms with Gasteiger partial charge in [-0.05, 0) is 67.7 Å². The third kappa shape index (κ3) is 5.62. The average molecular weight is 543 g/mol. The molecule has 5 rings (SSSR count). The van der Waals surface area contributed by atoms with Gasteiger partial charge in [0.1, 0.15) is 0 Å². The molecule has 1 saturated carbocycles. The number of ether oxygens (including phenoxy) is 1. The zero-order chi connectivity index (χ0) is 27.8. The maximum Gasteiger partial charge on any atom is 0.452 e. The Bertz CT molecular complexity index is 1340. The van der Waals surface area contributed by atoms with Crippen molar-refractivity contribution < 1.29 is 31.9 Å². The fraction of sp³-hybridized carbons (Fsp3) is 0.429. The number of hydrogen-bond acceptors (Lipinski definition) is 6. The molecule has 1 aliphatic carbocycles. The Kier molecular flexibility index (Phi) is 7.09. The maximum absolute atomic E-state index is 13.6. The highest BCUT2D eigenvalue weighted by atomic mass is 19.4. The van der Waals surface area contributed by atoms with Crippen LogP contribution in [0.3, 0.4) is 0 Å². The fourth-order valence-electron chi connectivity index (χ4n) is 5.41. The van der Waals surface area contributed by atoms with Crippen LogP contribution in [0.1, 0.15) is 61.0 Å². The predicted molar refractivity (Wildman–Crippen MR) is 136 cm³/mol. The molecule has 1 aromatic carbocycles. The van der Waals surface area contributed by atoms with Gasteiger partial charge in [-0.15, -0.1) is 0 Å². The summed E-state index contributed by atoms with van der Waals surface area (Å²) in [6.07, 6.45) is -0.781. The summed E-state index contributed by atoms with van der Waals surface area (Å²) in [5.74, 6) is -2.16. The monoisotopic (exact) mass is 542 g/mol. The van der Waals surface area contributed by atoms with E-state index in [0.29, 0.717) is 24.6 Å². The molecule has 2 aromatic heterocycles. The molecular weight excluding hydrogens is 513 g/mol. The van der Waals surface area contributed by atoms with Gasteiger partial charge in [0.15, 0.2) is 5.69 Å². The van der Waals surface area contributed by atoms with E-state index in [1.807, 2.05) is 0 Å². The smallest absolute Gasteiger partial charge is 0.450 e. The molecule has 8 nitrogen and oxygen atoms in total. The Morgan fingerprint density at radius 2 is 2.00 bits per heavy atom. The van der Waals surface area contributed by atoms with Crippen LogP contribution in [-0.2, 0) is 10.9 Å². The molecule has 1 aliphatic heterocycles. The zero-order valence-electron chi connectivity index (χ0n) is 21.6. The third-order valence-corrected chi connectivity index (χ3v) is 7.58. The number of rotatable bonds is 7. The van der Waals surface area contributed by atoms with Crippen molar-refractivity contribution in [2.24, 2.45) is 11.3 Å². The molecule has 3 atom stereocenters. The van der Waals surface area contributed by atoms with Gasteiger partial charge < -0.3 is 19.4 Å². The van der Waals surface area contributed by atoms with Crippen LogP contribution in [0.5, 0.6) is 0 Å². The van der Waals surface area contributed by atoms with Crippen molar-refractivity contribution in [3.63, 3.8) is 0 Å². The normalized spacial score (nSPS) is 21.2. The topological polar surface area (TPSA) is 97.6 Å². The van der Waals surface area contributed by atoms with E-state index in [9.17, 15) is 22.8 Å². The Hall–Kier alpha value is -3.89. The summed E-state index contributed by atoms with van der Waals surface area (Å²) in [7, 11) is 0. The minimum absolute atomic E-state index is 0.136. The van der Waals surface area contributed by atoms with Crippen molar-refractivity contribution in [1.29, 1.82) is 0 Å². The molecule has 11 heteroatoms. The number of nitrogens with one attached hydrogen (secondary N) is 1. The Morgan fingerprint density at radius 3 is 2.67 bits per heavy atom. The number of hydrogen-bond donors (Lipinski definition) is 1. The maximum atomic E-state index is 13.6. The van der Waals surface area contributed by atoms with Crippen molar-refractivity contribution >= 4 is 17.7 Å². The van der Waals surface area contributed by atoms with E-state index in [-0.39, 0.29) is 29.0 Å². The lowest BCUT2D eigenvalue weighted by Crippen LogP contribution is -2.29. The zero-order valence-corrected chi connectivity index (χ0v) is 21.6. The number of carbonyl (C=O) groups is 2. The molecule has 3 heterocycles. The number of aromatic nitrogens is 2. The van der Waals surface area contributed by atoms with Gasteiger partial charge in [0, 0.05) is 24.3 Å². The van der Waals surface area contributed by atoms with Gasteiger partial charge in [-0.25, -0.2) is 9.78 Å². The van der Waals surface area contributed by atoms with Gasteiger partial charge in [-0.3, -0.25) is 9.78 Å². The van der Waals surface area contributed by atoms with Crippen LogP contribution >= 0.6 is 0 Å². The highest BCUT2D eigenvalue weighted by molar-refractivity contribution is 6.03. The fourth-order valence-corrected chi connectivity index (χ4v) is 5.41. The van der Waals surface area contributed by atoms with E-state index in [1.165, 1.54) is 6.20 Å². The summed E-state index contributed by atoms with van der Waals surface area (Å²) < 4.78 is 50.8. The number of anilines is 1. The Balaban J connectivity index is 1.21. The molecule has 3 aromatic rings. The number of oxazole rings is 1. The number of benzene rings is 1. The number of carbonyl (C=O) groups excluding carboxylic acids is 2. The number of likely N-dealkylation sites (tertiary alicyclic amines) is 1. The highest BCUT2D eigenvalue weighted by Gasteiger charge is 2.58. The minimum atomic E-state index is -4.89. The second-order valence-electron chi connectivity index (χ2n) is 10.3. The van der Waals surface area contributed by atoms with Gasteiger partial charge in [0.2, 0.25) is 11.7 Å². The first-order valence-electron chi connectivity index (χ1n) is 12.9. The largest absolute Gasteiger partial charge is 0.452 e. The molecule has 1 saturated heterocycles. The van der Waals surface area contributed by atoms with E-state index >= 15 is 0 Å². The quantitative estimate of drug-likeness (QED) is 0.373. The summed E-state index contributed by atoms with van der Waals surface area (Å²) in [6.45, 7) is 5.66. The van der Waals surface area contributed by atoms with Crippen LogP contribution in [0, 0.1) is 11.3 Å². The number of nitrogens with zero attached hydrogens (tertiary/aromatic N) is 3. The molecule has 1 N–H and O–H groups in total. The molecule has 2 aliphatic rings.